The van der Waals surface area contributed by atoms with Gasteiger partial charge in [0, 0.05) is 41.0 Å². The molecule has 1 N–H and O–H groups in total. The number of carbonyl (C=O) groups is 3. The Morgan fingerprint density at radius 3 is 2.33 bits per heavy atom. The number of fused-ring (bicyclic) bond motifs is 1. The Hall–Kier alpha value is -3.44. The molecule has 3 aromatic rings. The normalized spacial score (nSPS) is 12.4. The molecule has 0 unspecified atom stereocenters. The summed E-state index contributed by atoms with van der Waals surface area (Å²) < 4.78 is 0. The Kier molecular flexibility index (Phi) is 5.38. The minimum atomic E-state index is -0.366. The molecule has 3 aromatic carbocycles. The van der Waals surface area contributed by atoms with Crippen molar-refractivity contribution < 1.29 is 14.4 Å². The lowest BCUT2D eigenvalue weighted by Gasteiger charge is -2.15. The smallest absolute Gasteiger partial charge is 0.256 e. The molecule has 0 bridgehead atoms. The molecule has 0 spiro atoms. The standard InChI is InChI=1S/C24H19ClN2O3/c1-15(28)27-13-12-17-14-19(10-11-22(17)27)26-24(30)21-5-3-2-4-20(21)23(29)16-6-8-18(25)9-7-16/h2-11,14H,12-13H2,1H3,(H,26,30). The molecule has 1 heterocycles. The van der Waals surface area contributed by atoms with Gasteiger partial charge in [0.2, 0.25) is 5.91 Å². The number of carbonyl (C=O) groups excluding carboxylic acids is 3. The van der Waals surface area contributed by atoms with Gasteiger partial charge < -0.3 is 10.2 Å². The van der Waals surface area contributed by atoms with Gasteiger partial charge in [0.05, 0.1) is 5.56 Å². The van der Waals surface area contributed by atoms with Crippen LogP contribution in [0, 0.1) is 0 Å². The summed E-state index contributed by atoms with van der Waals surface area (Å²) in [5.74, 6) is -0.613. The zero-order valence-electron chi connectivity index (χ0n) is 16.3. The zero-order valence-corrected chi connectivity index (χ0v) is 17.1. The fraction of sp³-hybridized carbons (Fsp3) is 0.125. The van der Waals surface area contributed by atoms with E-state index in [9.17, 15) is 14.4 Å². The molecule has 1 aliphatic heterocycles. The molecule has 0 saturated carbocycles. The number of anilines is 2. The van der Waals surface area contributed by atoms with Crippen molar-refractivity contribution in [1.82, 2.24) is 0 Å². The maximum atomic E-state index is 12.9. The Labute approximate surface area is 179 Å². The van der Waals surface area contributed by atoms with Crippen LogP contribution in [0.3, 0.4) is 0 Å². The van der Waals surface area contributed by atoms with Crippen LogP contribution in [0.1, 0.15) is 38.8 Å². The predicted molar refractivity (Wildman–Crippen MR) is 117 cm³/mol. The third-order valence-corrected chi connectivity index (χ3v) is 5.39. The van der Waals surface area contributed by atoms with Crippen LogP contribution < -0.4 is 10.2 Å². The van der Waals surface area contributed by atoms with Crippen molar-refractivity contribution >= 4 is 40.6 Å². The molecule has 5 nitrogen and oxygen atoms in total. The van der Waals surface area contributed by atoms with Crippen molar-refractivity contribution in [3.8, 4) is 0 Å². The SMILES string of the molecule is CC(=O)N1CCc2cc(NC(=O)c3ccccc3C(=O)c3ccc(Cl)cc3)ccc21. The lowest BCUT2D eigenvalue weighted by Crippen LogP contribution is -2.25. The third-order valence-electron chi connectivity index (χ3n) is 5.14. The number of amides is 2. The van der Waals surface area contributed by atoms with E-state index in [1.165, 1.54) is 0 Å². The lowest BCUT2D eigenvalue weighted by atomic mass is 9.98. The fourth-order valence-electron chi connectivity index (χ4n) is 3.64. The molecule has 6 heteroatoms. The van der Waals surface area contributed by atoms with E-state index in [1.54, 1.807) is 66.4 Å². The minimum absolute atomic E-state index is 0.000162. The Bertz CT molecular complexity index is 1160. The van der Waals surface area contributed by atoms with Gasteiger partial charge in [0.1, 0.15) is 0 Å². The number of benzene rings is 3. The van der Waals surface area contributed by atoms with Crippen LogP contribution in [0.4, 0.5) is 11.4 Å². The molecular weight excluding hydrogens is 400 g/mol. The highest BCUT2D eigenvalue weighted by molar-refractivity contribution is 6.30. The monoisotopic (exact) mass is 418 g/mol. The van der Waals surface area contributed by atoms with Crippen molar-refractivity contribution in [1.29, 1.82) is 0 Å². The van der Waals surface area contributed by atoms with Gasteiger partial charge >= 0.3 is 0 Å². The maximum Gasteiger partial charge on any atom is 0.256 e. The first-order valence-corrected chi connectivity index (χ1v) is 9.93. The molecule has 0 saturated heterocycles. The molecule has 2 amide bonds. The fourth-order valence-corrected chi connectivity index (χ4v) is 3.77. The van der Waals surface area contributed by atoms with Crippen molar-refractivity contribution in [2.75, 3.05) is 16.8 Å². The summed E-state index contributed by atoms with van der Waals surface area (Å²) in [5, 5.41) is 3.41. The molecule has 150 valence electrons. The molecule has 0 fully saturated rings. The molecule has 30 heavy (non-hydrogen) atoms. The number of hydrogen-bond acceptors (Lipinski definition) is 3. The minimum Gasteiger partial charge on any atom is -0.322 e. The molecule has 0 aliphatic carbocycles. The number of nitrogens with zero attached hydrogens (tertiary/aromatic N) is 1. The average molecular weight is 419 g/mol. The molecule has 0 radical (unpaired) electrons. The summed E-state index contributed by atoms with van der Waals surface area (Å²) in [6, 6.07) is 18.8. The quantitative estimate of drug-likeness (QED) is 0.623. The predicted octanol–water partition coefficient (Wildman–Crippen LogP) is 4.73. The van der Waals surface area contributed by atoms with Crippen LogP contribution in [0.15, 0.2) is 66.7 Å². The first-order valence-electron chi connectivity index (χ1n) is 9.56. The van der Waals surface area contributed by atoms with Crippen molar-refractivity contribution in [2.24, 2.45) is 0 Å². The van der Waals surface area contributed by atoms with Gasteiger partial charge in [-0.1, -0.05) is 29.8 Å². The summed E-state index contributed by atoms with van der Waals surface area (Å²) in [4.78, 5) is 39.3. The van der Waals surface area contributed by atoms with Crippen LogP contribution in [0.25, 0.3) is 0 Å². The highest BCUT2D eigenvalue weighted by Gasteiger charge is 2.23. The summed E-state index contributed by atoms with van der Waals surface area (Å²) in [7, 11) is 0. The molecule has 4 rings (SSSR count). The number of hydrogen-bond donors (Lipinski definition) is 1. The Morgan fingerprint density at radius 2 is 1.63 bits per heavy atom. The van der Waals surface area contributed by atoms with Gasteiger partial charge in [0.25, 0.3) is 5.91 Å². The number of nitrogens with one attached hydrogen (secondary N) is 1. The largest absolute Gasteiger partial charge is 0.322 e. The van der Waals surface area contributed by atoms with Gasteiger partial charge in [-0.05, 0) is 60.5 Å². The van der Waals surface area contributed by atoms with E-state index < -0.39 is 0 Å². The highest BCUT2D eigenvalue weighted by Crippen LogP contribution is 2.30. The third kappa shape index (κ3) is 3.84. The topological polar surface area (TPSA) is 66.5 Å². The van der Waals surface area contributed by atoms with Gasteiger partial charge in [-0.2, -0.15) is 0 Å². The summed E-state index contributed by atoms with van der Waals surface area (Å²) >= 11 is 5.90. The van der Waals surface area contributed by atoms with Crippen LogP contribution in [0.5, 0.6) is 0 Å². The molecule has 1 aliphatic rings. The summed E-state index contributed by atoms with van der Waals surface area (Å²) in [6.45, 7) is 2.18. The van der Waals surface area contributed by atoms with Crippen LogP contribution in [0.2, 0.25) is 5.02 Å². The lowest BCUT2D eigenvalue weighted by molar-refractivity contribution is -0.116. The summed E-state index contributed by atoms with van der Waals surface area (Å²) in [5.41, 5.74) is 3.58. The molecule has 0 atom stereocenters. The van der Waals surface area contributed by atoms with Gasteiger partial charge in [-0.25, -0.2) is 0 Å². The van der Waals surface area contributed by atoms with E-state index in [1.807, 2.05) is 12.1 Å². The zero-order chi connectivity index (χ0) is 21.3. The van der Waals surface area contributed by atoms with Gasteiger partial charge in [-0.3, -0.25) is 14.4 Å². The Balaban J connectivity index is 1.59. The van der Waals surface area contributed by atoms with E-state index in [0.717, 1.165) is 17.7 Å². The van der Waals surface area contributed by atoms with Crippen molar-refractivity contribution in [2.45, 2.75) is 13.3 Å². The van der Waals surface area contributed by atoms with Gasteiger partial charge in [-0.15, -0.1) is 0 Å². The second kappa shape index (κ2) is 8.13. The van der Waals surface area contributed by atoms with Crippen LogP contribution in [-0.2, 0) is 11.2 Å². The Morgan fingerprint density at radius 1 is 0.933 bits per heavy atom. The van der Waals surface area contributed by atoms with Crippen molar-refractivity contribution in [3.05, 3.63) is 94.0 Å². The molecule has 0 aromatic heterocycles. The molecular formula is C24H19ClN2O3. The van der Waals surface area contributed by atoms with E-state index in [0.29, 0.717) is 33.9 Å². The van der Waals surface area contributed by atoms with Gasteiger partial charge in [0.15, 0.2) is 5.78 Å². The first-order chi connectivity index (χ1) is 14.4. The van der Waals surface area contributed by atoms with Crippen molar-refractivity contribution in [3.63, 3.8) is 0 Å². The number of halogens is 1. The van der Waals surface area contributed by atoms with Crippen LogP contribution in [-0.4, -0.2) is 24.1 Å². The number of rotatable bonds is 4. The van der Waals surface area contributed by atoms with Crippen LogP contribution >= 0.6 is 11.6 Å². The second-order valence-corrected chi connectivity index (χ2v) is 7.54. The van der Waals surface area contributed by atoms with E-state index in [2.05, 4.69) is 5.32 Å². The highest BCUT2D eigenvalue weighted by atomic mass is 35.5. The van der Waals surface area contributed by atoms with E-state index in [-0.39, 0.29) is 17.6 Å². The van der Waals surface area contributed by atoms with E-state index in [4.69, 9.17) is 11.6 Å². The first kappa shape index (κ1) is 19.9. The van der Waals surface area contributed by atoms with E-state index >= 15 is 0 Å². The average Bonchev–Trinajstić information content (AvgIpc) is 3.17. The second-order valence-electron chi connectivity index (χ2n) is 7.10. The summed E-state index contributed by atoms with van der Waals surface area (Å²) in [6.07, 6.45) is 0.740. The number of ketones is 1. The maximum absolute atomic E-state index is 12.9.